The summed E-state index contributed by atoms with van der Waals surface area (Å²) in [4.78, 5) is 17.7. The van der Waals surface area contributed by atoms with Crippen LogP contribution in [0.1, 0.15) is 15.4 Å². The van der Waals surface area contributed by atoms with Crippen molar-refractivity contribution in [2.24, 2.45) is 7.05 Å². The number of aromatic nitrogens is 4. The molecule has 0 radical (unpaired) electrons. The Hall–Kier alpha value is -2.93. The number of aryl methyl sites for hydroxylation is 2. The number of para-hydroxylation sites is 2. The van der Waals surface area contributed by atoms with Gasteiger partial charge in [-0.25, -0.2) is 4.98 Å². The number of nitrogens with one attached hydrogen (secondary N) is 1. The first-order chi connectivity index (χ1) is 11.6. The lowest BCUT2D eigenvalue weighted by atomic mass is 10.3. The van der Waals surface area contributed by atoms with E-state index in [2.05, 4.69) is 15.4 Å². The largest absolute Gasteiger partial charge is 0.311 e. The maximum absolute atomic E-state index is 12.4. The van der Waals surface area contributed by atoms with Gasteiger partial charge in [-0.05, 0) is 30.5 Å². The van der Waals surface area contributed by atoms with Gasteiger partial charge in [-0.2, -0.15) is 9.78 Å². The number of carbonyl (C=O) groups is 1. The molecule has 1 amide bonds. The van der Waals surface area contributed by atoms with Crippen LogP contribution in [-0.4, -0.2) is 25.2 Å². The van der Waals surface area contributed by atoms with Crippen molar-refractivity contribution in [3.05, 3.63) is 58.4 Å². The number of rotatable bonds is 3. The van der Waals surface area contributed by atoms with Crippen molar-refractivity contribution in [3.63, 3.8) is 0 Å². The highest BCUT2D eigenvalue weighted by Crippen LogP contribution is 2.22. The Morgan fingerprint density at radius 2 is 2.04 bits per heavy atom. The minimum Gasteiger partial charge on any atom is -0.311 e. The van der Waals surface area contributed by atoms with E-state index in [9.17, 15) is 4.79 Å². The third-order valence-electron chi connectivity index (χ3n) is 3.77. The van der Waals surface area contributed by atoms with E-state index in [0.717, 1.165) is 16.7 Å². The van der Waals surface area contributed by atoms with Crippen LogP contribution in [0.25, 0.3) is 17.0 Å². The third-order valence-corrected chi connectivity index (χ3v) is 4.64. The highest BCUT2D eigenvalue weighted by Gasteiger charge is 2.17. The Morgan fingerprint density at radius 3 is 2.79 bits per heavy atom. The first kappa shape index (κ1) is 14.6. The van der Waals surface area contributed by atoms with E-state index < -0.39 is 0 Å². The fraction of sp³-hybridized carbons (Fsp3) is 0.118. The number of nitrogens with zero attached hydrogens (tertiary/aromatic N) is 4. The number of hydrogen-bond donors (Lipinski definition) is 1. The second-order valence-corrected chi connectivity index (χ2v) is 6.42. The van der Waals surface area contributed by atoms with Gasteiger partial charge in [-0.15, -0.1) is 11.3 Å². The van der Waals surface area contributed by atoms with Crippen LogP contribution < -0.4 is 5.32 Å². The molecule has 0 aliphatic heterocycles. The highest BCUT2D eigenvalue weighted by molar-refractivity contribution is 7.12. The second-order valence-electron chi connectivity index (χ2n) is 5.47. The number of anilines is 1. The van der Waals surface area contributed by atoms with Crippen molar-refractivity contribution in [2.45, 2.75) is 6.92 Å². The molecule has 24 heavy (non-hydrogen) atoms. The molecule has 0 atom stereocenters. The summed E-state index contributed by atoms with van der Waals surface area (Å²) in [6.45, 7) is 1.89. The van der Waals surface area contributed by atoms with Crippen molar-refractivity contribution < 1.29 is 4.79 Å². The first-order valence-corrected chi connectivity index (χ1v) is 8.35. The molecule has 0 unspecified atom stereocenters. The number of carbonyl (C=O) groups excluding carboxylic acids is 1. The molecule has 0 saturated carbocycles. The molecule has 0 saturated heterocycles. The second kappa shape index (κ2) is 5.61. The number of imidazole rings is 1. The molecule has 120 valence electrons. The summed E-state index contributed by atoms with van der Waals surface area (Å²) < 4.78 is 3.63. The Balaban J connectivity index is 1.78. The fourth-order valence-electron chi connectivity index (χ4n) is 2.65. The van der Waals surface area contributed by atoms with Gasteiger partial charge in [0.1, 0.15) is 5.82 Å². The zero-order chi connectivity index (χ0) is 16.7. The van der Waals surface area contributed by atoms with Crippen molar-refractivity contribution in [1.82, 2.24) is 19.3 Å². The Labute approximate surface area is 142 Å². The first-order valence-electron chi connectivity index (χ1n) is 7.47. The predicted molar refractivity (Wildman–Crippen MR) is 94.8 cm³/mol. The molecule has 1 N–H and O–H groups in total. The minimum atomic E-state index is -0.148. The fourth-order valence-corrected chi connectivity index (χ4v) is 3.27. The average molecular weight is 337 g/mol. The van der Waals surface area contributed by atoms with Crippen LogP contribution >= 0.6 is 11.3 Å². The van der Waals surface area contributed by atoms with Gasteiger partial charge < -0.3 is 9.88 Å². The number of hydrogen-bond acceptors (Lipinski definition) is 4. The number of fused-ring (bicyclic) bond motifs is 1. The van der Waals surface area contributed by atoms with Gasteiger partial charge >= 0.3 is 0 Å². The van der Waals surface area contributed by atoms with E-state index in [0.29, 0.717) is 16.6 Å². The van der Waals surface area contributed by atoms with Gasteiger partial charge in [0.25, 0.3) is 5.91 Å². The van der Waals surface area contributed by atoms with Crippen LogP contribution in [0.3, 0.4) is 0 Å². The van der Waals surface area contributed by atoms with Crippen LogP contribution in [-0.2, 0) is 7.05 Å². The van der Waals surface area contributed by atoms with Crippen molar-refractivity contribution in [3.8, 4) is 5.95 Å². The number of amides is 1. The van der Waals surface area contributed by atoms with E-state index in [1.165, 1.54) is 11.3 Å². The summed E-state index contributed by atoms with van der Waals surface area (Å²) >= 11 is 1.40. The molecule has 0 aliphatic rings. The molecular weight excluding hydrogens is 322 g/mol. The molecule has 0 bridgehead atoms. The summed E-state index contributed by atoms with van der Waals surface area (Å²) in [6, 6.07) is 13.4. The summed E-state index contributed by atoms with van der Waals surface area (Å²) in [5.74, 6) is 1.11. The van der Waals surface area contributed by atoms with E-state index in [4.69, 9.17) is 0 Å². The topological polar surface area (TPSA) is 64.7 Å². The average Bonchev–Trinajstić information content (AvgIpc) is 3.28. The van der Waals surface area contributed by atoms with Gasteiger partial charge in [0.05, 0.1) is 21.6 Å². The lowest BCUT2D eigenvalue weighted by Gasteiger charge is -2.08. The van der Waals surface area contributed by atoms with Crippen LogP contribution in [0.15, 0.2) is 47.8 Å². The molecule has 0 spiro atoms. The Morgan fingerprint density at radius 1 is 1.21 bits per heavy atom. The van der Waals surface area contributed by atoms with Crippen LogP contribution in [0.4, 0.5) is 5.82 Å². The lowest BCUT2D eigenvalue weighted by molar-refractivity contribution is 0.103. The van der Waals surface area contributed by atoms with Crippen molar-refractivity contribution >= 4 is 34.1 Å². The smallest absolute Gasteiger partial charge is 0.266 e. The minimum absolute atomic E-state index is 0.148. The molecule has 4 aromatic rings. The highest BCUT2D eigenvalue weighted by atomic mass is 32.1. The molecule has 4 rings (SSSR count). The van der Waals surface area contributed by atoms with Crippen LogP contribution in [0.2, 0.25) is 0 Å². The lowest BCUT2D eigenvalue weighted by Crippen LogP contribution is -2.15. The standard InChI is InChI=1S/C17H15N5OS/c1-11-10-15(19-16(23)14-8-5-9-24-14)22(20-11)17-18-12-6-3-4-7-13(12)21(17)2/h3-10H,1-2H3,(H,19,23). The normalized spacial score (nSPS) is 11.1. The third kappa shape index (κ3) is 2.39. The SMILES string of the molecule is Cc1cc(NC(=O)c2cccs2)n(-c2nc3ccccc3n2C)n1. The molecule has 3 heterocycles. The van der Waals surface area contributed by atoms with Gasteiger partial charge in [0.15, 0.2) is 0 Å². The quantitative estimate of drug-likeness (QED) is 0.623. The monoisotopic (exact) mass is 337 g/mol. The van der Waals surface area contributed by atoms with Gasteiger partial charge in [0, 0.05) is 13.1 Å². The molecule has 3 aromatic heterocycles. The molecule has 7 heteroatoms. The van der Waals surface area contributed by atoms with Gasteiger partial charge in [-0.3, -0.25) is 4.79 Å². The van der Waals surface area contributed by atoms with E-state index in [1.54, 1.807) is 10.7 Å². The zero-order valence-corrected chi connectivity index (χ0v) is 14.0. The zero-order valence-electron chi connectivity index (χ0n) is 13.2. The Bertz CT molecular complexity index is 1030. The number of benzene rings is 1. The molecular formula is C17H15N5OS. The summed E-state index contributed by atoms with van der Waals surface area (Å²) in [5.41, 5.74) is 2.71. The molecule has 1 aromatic carbocycles. The maximum Gasteiger partial charge on any atom is 0.266 e. The number of thiophene rings is 1. The van der Waals surface area contributed by atoms with E-state index in [1.807, 2.05) is 60.3 Å². The van der Waals surface area contributed by atoms with Gasteiger partial charge in [-0.1, -0.05) is 18.2 Å². The van der Waals surface area contributed by atoms with E-state index in [-0.39, 0.29) is 5.91 Å². The van der Waals surface area contributed by atoms with Crippen molar-refractivity contribution in [1.29, 1.82) is 0 Å². The molecule has 0 aliphatic carbocycles. The summed E-state index contributed by atoms with van der Waals surface area (Å²) in [7, 11) is 1.94. The van der Waals surface area contributed by atoms with E-state index >= 15 is 0 Å². The maximum atomic E-state index is 12.4. The predicted octanol–water partition coefficient (Wildman–Crippen LogP) is 3.38. The van der Waals surface area contributed by atoms with Crippen molar-refractivity contribution in [2.75, 3.05) is 5.32 Å². The van der Waals surface area contributed by atoms with Crippen LogP contribution in [0.5, 0.6) is 0 Å². The summed E-state index contributed by atoms with van der Waals surface area (Å²) in [6.07, 6.45) is 0. The molecule has 0 fully saturated rings. The van der Waals surface area contributed by atoms with Crippen LogP contribution in [0, 0.1) is 6.92 Å². The van der Waals surface area contributed by atoms with Gasteiger partial charge in [0.2, 0.25) is 5.95 Å². The summed E-state index contributed by atoms with van der Waals surface area (Å²) in [5, 5.41) is 9.29. The Kier molecular flexibility index (Phi) is 3.42. The molecule has 6 nitrogen and oxygen atoms in total.